The Bertz CT molecular complexity index is 418. The van der Waals surface area contributed by atoms with Crippen LogP contribution in [0.1, 0.15) is 46.1 Å². The lowest BCUT2D eigenvalue weighted by molar-refractivity contribution is -0.125. The second-order valence-corrected chi connectivity index (χ2v) is 6.66. The van der Waals surface area contributed by atoms with Crippen LogP contribution in [-0.2, 0) is 11.2 Å². The minimum Gasteiger partial charge on any atom is -0.494 e. The lowest BCUT2D eigenvalue weighted by atomic mass is 9.87. The van der Waals surface area contributed by atoms with E-state index in [2.05, 4.69) is 6.92 Å². The number of halogens is 1. The zero-order valence-electron chi connectivity index (χ0n) is 12.9. The predicted octanol–water partition coefficient (Wildman–Crippen LogP) is 4.63. The molecule has 0 heterocycles. The third kappa shape index (κ3) is 5.54. The van der Waals surface area contributed by atoms with Gasteiger partial charge in [-0.25, -0.2) is 0 Å². The highest BCUT2D eigenvalue weighted by atomic mass is 35.5. The van der Waals surface area contributed by atoms with E-state index in [0.29, 0.717) is 6.42 Å². The first-order chi connectivity index (χ1) is 9.34. The number of ketones is 1. The van der Waals surface area contributed by atoms with Gasteiger partial charge in [0.15, 0.2) is 5.78 Å². The van der Waals surface area contributed by atoms with E-state index in [4.69, 9.17) is 16.3 Å². The van der Waals surface area contributed by atoms with Gasteiger partial charge in [0.1, 0.15) is 5.75 Å². The maximum atomic E-state index is 12.1. The van der Waals surface area contributed by atoms with Crippen LogP contribution >= 0.6 is 11.6 Å². The number of ether oxygens (including phenoxy) is 1. The van der Waals surface area contributed by atoms with Crippen molar-refractivity contribution in [2.75, 3.05) is 6.61 Å². The Morgan fingerprint density at radius 2 is 1.85 bits per heavy atom. The molecule has 0 spiro atoms. The van der Waals surface area contributed by atoms with Gasteiger partial charge in [-0.05, 0) is 30.5 Å². The molecular weight excluding hydrogens is 272 g/mol. The van der Waals surface area contributed by atoms with Crippen LogP contribution in [0.4, 0.5) is 0 Å². The third-order valence-electron chi connectivity index (χ3n) is 3.13. The zero-order valence-corrected chi connectivity index (χ0v) is 13.7. The first kappa shape index (κ1) is 17.0. The van der Waals surface area contributed by atoms with Crippen LogP contribution in [0, 0.1) is 5.41 Å². The van der Waals surface area contributed by atoms with Gasteiger partial charge in [-0.2, -0.15) is 0 Å². The minimum atomic E-state index is -0.471. The smallest absolute Gasteiger partial charge is 0.156 e. The van der Waals surface area contributed by atoms with Gasteiger partial charge in [0.25, 0.3) is 0 Å². The Morgan fingerprint density at radius 1 is 1.25 bits per heavy atom. The largest absolute Gasteiger partial charge is 0.494 e. The van der Waals surface area contributed by atoms with Crippen LogP contribution in [0.2, 0.25) is 0 Å². The van der Waals surface area contributed by atoms with Crippen LogP contribution in [0.15, 0.2) is 24.3 Å². The zero-order chi connectivity index (χ0) is 15.2. The number of hydrogen-bond donors (Lipinski definition) is 0. The van der Waals surface area contributed by atoms with E-state index >= 15 is 0 Å². The summed E-state index contributed by atoms with van der Waals surface area (Å²) in [5, 5.41) is -0.471. The molecule has 1 unspecified atom stereocenters. The molecule has 1 rings (SSSR count). The van der Waals surface area contributed by atoms with Crippen molar-refractivity contribution < 1.29 is 9.53 Å². The fourth-order valence-electron chi connectivity index (χ4n) is 1.83. The second-order valence-electron chi connectivity index (χ2n) is 6.13. The van der Waals surface area contributed by atoms with Crippen LogP contribution in [0.5, 0.6) is 5.75 Å². The summed E-state index contributed by atoms with van der Waals surface area (Å²) >= 11 is 6.21. The molecule has 0 aliphatic rings. The summed E-state index contributed by atoms with van der Waals surface area (Å²) in [6.45, 7) is 8.58. The second kappa shape index (κ2) is 7.68. The Kier molecular flexibility index (Phi) is 6.54. The van der Waals surface area contributed by atoms with Gasteiger partial charge in [-0.3, -0.25) is 4.79 Å². The first-order valence-corrected chi connectivity index (χ1v) is 7.68. The molecule has 0 radical (unpaired) electrons. The summed E-state index contributed by atoms with van der Waals surface area (Å²) in [6.07, 6.45) is 2.75. The van der Waals surface area contributed by atoms with Crippen molar-refractivity contribution in [3.8, 4) is 5.75 Å². The van der Waals surface area contributed by atoms with Gasteiger partial charge >= 0.3 is 0 Å². The van der Waals surface area contributed by atoms with E-state index in [1.165, 1.54) is 0 Å². The van der Waals surface area contributed by atoms with Crippen LogP contribution in [0.25, 0.3) is 0 Å². The van der Waals surface area contributed by atoms with Crippen molar-refractivity contribution in [1.29, 1.82) is 0 Å². The van der Waals surface area contributed by atoms with E-state index in [1.807, 2.05) is 45.0 Å². The highest BCUT2D eigenvalue weighted by molar-refractivity contribution is 6.31. The van der Waals surface area contributed by atoms with Crippen molar-refractivity contribution in [1.82, 2.24) is 0 Å². The molecule has 3 heteroatoms. The van der Waals surface area contributed by atoms with E-state index in [0.717, 1.165) is 30.8 Å². The van der Waals surface area contributed by atoms with E-state index in [1.54, 1.807) is 0 Å². The van der Waals surface area contributed by atoms with Gasteiger partial charge in [0.05, 0.1) is 12.0 Å². The third-order valence-corrected chi connectivity index (χ3v) is 3.48. The number of carbonyl (C=O) groups is 1. The number of unbranched alkanes of at least 4 members (excludes halogenated alkanes) is 1. The molecule has 0 saturated carbocycles. The van der Waals surface area contributed by atoms with E-state index in [9.17, 15) is 4.79 Å². The number of carbonyl (C=O) groups excluding carboxylic acids is 1. The van der Waals surface area contributed by atoms with Crippen LogP contribution < -0.4 is 4.74 Å². The van der Waals surface area contributed by atoms with Crippen LogP contribution in [-0.4, -0.2) is 17.8 Å². The Balaban J connectivity index is 2.55. The normalized spacial score (nSPS) is 13.1. The van der Waals surface area contributed by atoms with Crippen molar-refractivity contribution in [2.24, 2.45) is 5.41 Å². The quantitative estimate of drug-likeness (QED) is 0.541. The molecule has 0 amide bonds. The van der Waals surface area contributed by atoms with Gasteiger partial charge in [-0.1, -0.05) is 46.2 Å². The van der Waals surface area contributed by atoms with E-state index in [-0.39, 0.29) is 5.78 Å². The Labute approximate surface area is 127 Å². The molecule has 112 valence electrons. The fourth-order valence-corrected chi connectivity index (χ4v) is 2.33. The van der Waals surface area contributed by atoms with Gasteiger partial charge in [-0.15, -0.1) is 11.6 Å². The fraction of sp³-hybridized carbons (Fsp3) is 0.588. The molecule has 0 N–H and O–H groups in total. The standard InChI is InChI=1S/C17H25ClO2/c1-5-6-11-20-14-9-7-13(8-10-14)12-15(18)16(19)17(2,3)4/h7-10,15H,5-6,11-12H2,1-4H3. The lowest BCUT2D eigenvalue weighted by Crippen LogP contribution is -2.30. The molecule has 0 fully saturated rings. The Morgan fingerprint density at radius 3 is 2.35 bits per heavy atom. The number of alkyl halides is 1. The summed E-state index contributed by atoms with van der Waals surface area (Å²) < 4.78 is 5.61. The maximum absolute atomic E-state index is 12.1. The number of Topliss-reactive ketones (excluding diaryl/α,β-unsaturated/α-hetero) is 1. The topological polar surface area (TPSA) is 26.3 Å². The number of hydrogen-bond acceptors (Lipinski definition) is 2. The molecule has 1 aromatic carbocycles. The van der Waals surface area contributed by atoms with Gasteiger partial charge in [0.2, 0.25) is 0 Å². The molecule has 0 aliphatic heterocycles. The molecule has 0 aromatic heterocycles. The predicted molar refractivity (Wildman–Crippen MR) is 84.7 cm³/mol. The number of rotatable bonds is 7. The molecule has 0 bridgehead atoms. The summed E-state index contributed by atoms with van der Waals surface area (Å²) in [5.41, 5.74) is 0.667. The summed E-state index contributed by atoms with van der Waals surface area (Å²) in [5.74, 6) is 0.956. The molecule has 2 nitrogen and oxygen atoms in total. The van der Waals surface area contributed by atoms with Crippen molar-refractivity contribution >= 4 is 17.4 Å². The molecule has 0 aliphatic carbocycles. The highest BCUT2D eigenvalue weighted by Gasteiger charge is 2.28. The lowest BCUT2D eigenvalue weighted by Gasteiger charge is -2.20. The van der Waals surface area contributed by atoms with Crippen molar-refractivity contribution in [3.63, 3.8) is 0 Å². The average Bonchev–Trinajstić information content (AvgIpc) is 2.39. The monoisotopic (exact) mass is 296 g/mol. The minimum absolute atomic E-state index is 0.0856. The summed E-state index contributed by atoms with van der Waals surface area (Å²) in [4.78, 5) is 12.1. The molecule has 0 saturated heterocycles. The summed E-state index contributed by atoms with van der Waals surface area (Å²) in [7, 11) is 0. The molecule has 1 aromatic rings. The van der Waals surface area contributed by atoms with Gasteiger partial charge < -0.3 is 4.74 Å². The van der Waals surface area contributed by atoms with Gasteiger partial charge in [0, 0.05) is 5.41 Å². The Hall–Kier alpha value is -1.02. The molecule has 20 heavy (non-hydrogen) atoms. The maximum Gasteiger partial charge on any atom is 0.156 e. The van der Waals surface area contributed by atoms with Crippen molar-refractivity contribution in [3.05, 3.63) is 29.8 Å². The highest BCUT2D eigenvalue weighted by Crippen LogP contribution is 2.23. The molecule has 1 atom stereocenters. The average molecular weight is 297 g/mol. The SMILES string of the molecule is CCCCOc1ccc(CC(Cl)C(=O)C(C)(C)C)cc1. The first-order valence-electron chi connectivity index (χ1n) is 7.24. The summed E-state index contributed by atoms with van der Waals surface area (Å²) in [6, 6.07) is 7.84. The number of benzene rings is 1. The molecular formula is C17H25ClO2. The van der Waals surface area contributed by atoms with Crippen LogP contribution in [0.3, 0.4) is 0 Å². The van der Waals surface area contributed by atoms with E-state index < -0.39 is 10.8 Å². The van der Waals surface area contributed by atoms with Crippen molar-refractivity contribution in [2.45, 2.75) is 52.3 Å².